The number of fused-ring (bicyclic) bond motifs is 1. The first-order valence-electron chi connectivity index (χ1n) is 7.72. The Morgan fingerprint density at radius 1 is 1.23 bits per heavy atom. The van der Waals surface area contributed by atoms with E-state index in [1.807, 2.05) is 13.8 Å². The van der Waals surface area contributed by atoms with Crippen molar-refractivity contribution in [2.45, 2.75) is 45.4 Å². The van der Waals surface area contributed by atoms with Crippen molar-refractivity contribution in [2.24, 2.45) is 0 Å². The molecule has 7 heteroatoms. The number of aromatic nitrogens is 6. The molecule has 0 spiro atoms. The SMILES string of the molecule is Cc1c(Nc2cc(C3CCCC3)[nH]n2)nn2cnnc2c1C. The van der Waals surface area contributed by atoms with Gasteiger partial charge in [0.25, 0.3) is 0 Å². The van der Waals surface area contributed by atoms with E-state index in [2.05, 4.69) is 36.9 Å². The van der Waals surface area contributed by atoms with E-state index in [1.165, 1.54) is 31.4 Å². The van der Waals surface area contributed by atoms with Crippen LogP contribution in [0.2, 0.25) is 0 Å². The fourth-order valence-electron chi connectivity index (χ4n) is 3.16. The van der Waals surface area contributed by atoms with E-state index in [1.54, 1.807) is 10.8 Å². The Morgan fingerprint density at radius 2 is 2.05 bits per heavy atom. The molecule has 0 atom stereocenters. The number of nitrogens with zero attached hydrogens (tertiary/aromatic N) is 5. The molecule has 0 unspecified atom stereocenters. The summed E-state index contributed by atoms with van der Waals surface area (Å²) in [6.07, 6.45) is 6.75. The fraction of sp³-hybridized carbons (Fsp3) is 0.467. The molecule has 1 fully saturated rings. The highest BCUT2D eigenvalue weighted by Gasteiger charge is 2.19. The van der Waals surface area contributed by atoms with E-state index >= 15 is 0 Å². The maximum absolute atomic E-state index is 4.52. The third kappa shape index (κ3) is 2.13. The highest BCUT2D eigenvalue weighted by atomic mass is 15.4. The lowest BCUT2D eigenvalue weighted by Crippen LogP contribution is -2.04. The van der Waals surface area contributed by atoms with Gasteiger partial charge in [0.05, 0.1) is 0 Å². The van der Waals surface area contributed by atoms with Crippen molar-refractivity contribution in [3.8, 4) is 0 Å². The van der Waals surface area contributed by atoms with Gasteiger partial charge in [0, 0.05) is 28.8 Å². The molecule has 3 heterocycles. The van der Waals surface area contributed by atoms with Crippen LogP contribution in [0.3, 0.4) is 0 Å². The van der Waals surface area contributed by atoms with E-state index < -0.39 is 0 Å². The van der Waals surface area contributed by atoms with E-state index in [4.69, 9.17) is 0 Å². The van der Waals surface area contributed by atoms with Crippen molar-refractivity contribution in [1.29, 1.82) is 0 Å². The van der Waals surface area contributed by atoms with Crippen LogP contribution in [0.15, 0.2) is 12.4 Å². The molecule has 2 N–H and O–H groups in total. The second-order valence-corrected chi connectivity index (χ2v) is 6.01. The molecule has 1 aliphatic carbocycles. The molecule has 3 aromatic heterocycles. The third-order valence-corrected chi connectivity index (χ3v) is 4.63. The second-order valence-electron chi connectivity index (χ2n) is 6.01. The molecule has 114 valence electrons. The van der Waals surface area contributed by atoms with Gasteiger partial charge in [0.2, 0.25) is 0 Å². The molecule has 0 aromatic carbocycles. The minimum atomic E-state index is 0.624. The van der Waals surface area contributed by atoms with Gasteiger partial charge in [0.1, 0.15) is 6.33 Å². The predicted octanol–water partition coefficient (Wildman–Crippen LogP) is 2.87. The van der Waals surface area contributed by atoms with Crippen molar-refractivity contribution in [3.05, 3.63) is 29.2 Å². The van der Waals surface area contributed by atoms with Crippen molar-refractivity contribution in [2.75, 3.05) is 5.32 Å². The lowest BCUT2D eigenvalue weighted by atomic mass is 10.0. The zero-order chi connectivity index (χ0) is 15.1. The number of hydrogen-bond donors (Lipinski definition) is 2. The molecule has 0 bridgehead atoms. The number of aryl methyl sites for hydroxylation is 1. The molecule has 0 aliphatic heterocycles. The predicted molar refractivity (Wildman–Crippen MR) is 83.3 cm³/mol. The number of hydrogen-bond acceptors (Lipinski definition) is 5. The number of H-pyrrole nitrogens is 1. The zero-order valence-corrected chi connectivity index (χ0v) is 12.8. The van der Waals surface area contributed by atoms with Crippen molar-refractivity contribution in [1.82, 2.24) is 30.0 Å². The zero-order valence-electron chi connectivity index (χ0n) is 12.8. The first kappa shape index (κ1) is 13.2. The minimum Gasteiger partial charge on any atom is -0.322 e. The summed E-state index contributed by atoms with van der Waals surface area (Å²) in [6.45, 7) is 4.06. The van der Waals surface area contributed by atoms with Gasteiger partial charge >= 0.3 is 0 Å². The van der Waals surface area contributed by atoms with E-state index in [0.717, 1.165) is 28.4 Å². The summed E-state index contributed by atoms with van der Waals surface area (Å²) in [4.78, 5) is 0. The average molecular weight is 297 g/mol. The van der Waals surface area contributed by atoms with Crippen LogP contribution in [-0.4, -0.2) is 30.0 Å². The lowest BCUT2D eigenvalue weighted by Gasteiger charge is -2.09. The number of rotatable bonds is 3. The van der Waals surface area contributed by atoms with Crippen LogP contribution in [0.4, 0.5) is 11.6 Å². The smallest absolute Gasteiger partial charge is 0.180 e. The largest absolute Gasteiger partial charge is 0.322 e. The molecule has 0 amide bonds. The normalized spacial score (nSPS) is 15.7. The molecule has 3 aromatic rings. The maximum atomic E-state index is 4.52. The number of anilines is 2. The van der Waals surface area contributed by atoms with Gasteiger partial charge in [-0.2, -0.15) is 9.61 Å². The van der Waals surface area contributed by atoms with Crippen LogP contribution in [0.1, 0.15) is 48.4 Å². The monoisotopic (exact) mass is 297 g/mol. The number of nitrogens with one attached hydrogen (secondary N) is 2. The summed E-state index contributed by atoms with van der Waals surface area (Å²) in [6, 6.07) is 2.10. The Labute approximate surface area is 128 Å². The Morgan fingerprint density at radius 3 is 2.86 bits per heavy atom. The Balaban J connectivity index is 1.64. The second kappa shape index (κ2) is 5.08. The number of aromatic amines is 1. The van der Waals surface area contributed by atoms with Crippen LogP contribution in [0.5, 0.6) is 0 Å². The van der Waals surface area contributed by atoms with Crippen molar-refractivity contribution < 1.29 is 0 Å². The molecule has 0 saturated heterocycles. The van der Waals surface area contributed by atoms with Crippen LogP contribution in [0, 0.1) is 13.8 Å². The molecule has 1 saturated carbocycles. The molecule has 0 radical (unpaired) electrons. The van der Waals surface area contributed by atoms with Gasteiger partial charge in [-0.15, -0.1) is 15.3 Å². The molecular formula is C15H19N7. The van der Waals surface area contributed by atoms with Gasteiger partial charge in [-0.1, -0.05) is 12.8 Å². The molecule has 1 aliphatic rings. The topological polar surface area (TPSA) is 83.8 Å². The van der Waals surface area contributed by atoms with Gasteiger partial charge < -0.3 is 5.32 Å². The lowest BCUT2D eigenvalue weighted by molar-refractivity contribution is 0.693. The van der Waals surface area contributed by atoms with E-state index in [0.29, 0.717) is 5.92 Å². The Bertz CT molecular complexity index is 811. The summed E-state index contributed by atoms with van der Waals surface area (Å²) in [5.41, 5.74) is 4.14. The first-order valence-corrected chi connectivity index (χ1v) is 7.72. The summed E-state index contributed by atoms with van der Waals surface area (Å²) in [5.74, 6) is 2.22. The van der Waals surface area contributed by atoms with E-state index in [9.17, 15) is 0 Å². The summed E-state index contributed by atoms with van der Waals surface area (Å²) in [5, 5.41) is 23.4. The highest BCUT2D eigenvalue weighted by molar-refractivity contribution is 5.62. The van der Waals surface area contributed by atoms with Gasteiger partial charge in [-0.3, -0.25) is 5.10 Å². The van der Waals surface area contributed by atoms with Crippen molar-refractivity contribution >= 4 is 17.3 Å². The summed E-state index contributed by atoms with van der Waals surface area (Å²) >= 11 is 0. The first-order chi connectivity index (χ1) is 10.7. The Kier molecular flexibility index (Phi) is 3.06. The third-order valence-electron chi connectivity index (χ3n) is 4.63. The Hall–Kier alpha value is -2.44. The van der Waals surface area contributed by atoms with Crippen LogP contribution in [0.25, 0.3) is 5.65 Å². The van der Waals surface area contributed by atoms with Gasteiger partial charge in [-0.05, 0) is 26.7 Å². The minimum absolute atomic E-state index is 0.624. The van der Waals surface area contributed by atoms with Gasteiger partial charge in [0.15, 0.2) is 17.3 Å². The highest BCUT2D eigenvalue weighted by Crippen LogP contribution is 2.34. The van der Waals surface area contributed by atoms with Crippen LogP contribution >= 0.6 is 0 Å². The average Bonchev–Trinajstić information content (AvgIpc) is 3.24. The van der Waals surface area contributed by atoms with Crippen LogP contribution in [-0.2, 0) is 0 Å². The van der Waals surface area contributed by atoms with Crippen LogP contribution < -0.4 is 5.32 Å². The quantitative estimate of drug-likeness (QED) is 0.776. The molecule has 7 nitrogen and oxygen atoms in total. The molecule has 22 heavy (non-hydrogen) atoms. The molecule has 4 rings (SSSR count). The summed E-state index contributed by atoms with van der Waals surface area (Å²) in [7, 11) is 0. The fourth-order valence-corrected chi connectivity index (χ4v) is 3.16. The van der Waals surface area contributed by atoms with Crippen molar-refractivity contribution in [3.63, 3.8) is 0 Å². The maximum Gasteiger partial charge on any atom is 0.180 e. The van der Waals surface area contributed by atoms with E-state index in [-0.39, 0.29) is 0 Å². The van der Waals surface area contributed by atoms with Gasteiger partial charge in [-0.25, -0.2) is 0 Å². The summed E-state index contributed by atoms with van der Waals surface area (Å²) < 4.78 is 1.69. The molecular weight excluding hydrogens is 278 g/mol. The standard InChI is InChI=1S/C15H19N7/c1-9-10(2)15-20-16-8-22(15)21-14(9)17-13-7-12(18-19-13)11-5-3-4-6-11/h7-8,11H,3-6H2,1-2H3,(H2,17,18,19,21).